The molecule has 0 radical (unpaired) electrons. The number of rotatable bonds is 8. The van der Waals surface area contributed by atoms with Crippen molar-refractivity contribution in [2.45, 2.75) is 13.3 Å². The molecule has 1 aromatic carbocycles. The number of halogens is 1. The van der Waals surface area contributed by atoms with Crippen molar-refractivity contribution in [3.63, 3.8) is 0 Å². The summed E-state index contributed by atoms with van der Waals surface area (Å²) in [6, 6.07) is 6.30. The Morgan fingerprint density at radius 1 is 1.28 bits per heavy atom. The molecule has 0 amide bonds. The fraction of sp³-hybridized carbons (Fsp3) is 0.222. The van der Waals surface area contributed by atoms with E-state index in [2.05, 4.69) is 0 Å². The van der Waals surface area contributed by atoms with Gasteiger partial charge in [-0.25, -0.2) is 4.79 Å². The van der Waals surface area contributed by atoms with Crippen LogP contribution < -0.4 is 9.47 Å². The van der Waals surface area contributed by atoms with Gasteiger partial charge in [0.2, 0.25) is 0 Å². The molecule has 0 spiro atoms. The highest BCUT2D eigenvalue weighted by Crippen LogP contribution is 2.37. The van der Waals surface area contributed by atoms with E-state index in [0.29, 0.717) is 33.6 Å². The number of aromatic carboxylic acids is 1. The van der Waals surface area contributed by atoms with Crippen LogP contribution in [0.4, 0.5) is 0 Å². The van der Waals surface area contributed by atoms with Gasteiger partial charge in [-0.15, -0.1) is 11.3 Å². The molecule has 0 saturated carbocycles. The van der Waals surface area contributed by atoms with Gasteiger partial charge in [0, 0.05) is 0 Å². The van der Waals surface area contributed by atoms with Gasteiger partial charge in [-0.3, -0.25) is 4.79 Å². The Hall–Kier alpha value is -2.31. The lowest BCUT2D eigenvalue weighted by Crippen LogP contribution is -1.99. The Kier molecular flexibility index (Phi) is 6.61. The molecule has 0 saturated heterocycles. The Labute approximate surface area is 154 Å². The molecular formula is C18H17ClO5S. The van der Waals surface area contributed by atoms with Gasteiger partial charge in [0.1, 0.15) is 4.88 Å². The number of methoxy groups -OCH3 is 1. The lowest BCUT2D eigenvalue weighted by Gasteiger charge is -2.12. The third-order valence-electron chi connectivity index (χ3n) is 3.19. The third kappa shape index (κ3) is 4.84. The van der Waals surface area contributed by atoms with Crippen LogP contribution >= 0.6 is 22.9 Å². The largest absolute Gasteiger partial charge is 0.493 e. The van der Waals surface area contributed by atoms with Crippen molar-refractivity contribution in [3.05, 3.63) is 50.7 Å². The molecule has 0 aliphatic rings. The molecule has 1 N–H and O–H groups in total. The van der Waals surface area contributed by atoms with Crippen LogP contribution in [0, 0.1) is 0 Å². The predicted molar refractivity (Wildman–Crippen MR) is 98.4 cm³/mol. The van der Waals surface area contributed by atoms with E-state index in [0.717, 1.165) is 17.8 Å². The first-order valence-corrected chi connectivity index (χ1v) is 8.71. The monoisotopic (exact) mass is 380 g/mol. The zero-order chi connectivity index (χ0) is 18.4. The maximum atomic E-state index is 12.1. The van der Waals surface area contributed by atoms with Crippen molar-refractivity contribution < 1.29 is 24.2 Å². The molecule has 2 aromatic rings. The number of hydrogen-bond acceptors (Lipinski definition) is 5. The number of carbonyl (C=O) groups is 2. The molecule has 0 aliphatic heterocycles. The molecule has 1 aromatic heterocycles. The molecule has 7 heteroatoms. The maximum Gasteiger partial charge on any atom is 0.345 e. The highest BCUT2D eigenvalue weighted by Gasteiger charge is 2.13. The number of carboxylic acids is 1. The van der Waals surface area contributed by atoms with E-state index in [1.165, 1.54) is 25.3 Å². The molecule has 0 atom stereocenters. The first kappa shape index (κ1) is 19.0. The van der Waals surface area contributed by atoms with Gasteiger partial charge in [-0.2, -0.15) is 0 Å². The zero-order valence-corrected chi connectivity index (χ0v) is 15.3. The average Bonchev–Trinajstić information content (AvgIpc) is 3.08. The lowest BCUT2D eigenvalue weighted by molar-refractivity contribution is 0.0702. The Morgan fingerprint density at radius 2 is 2.00 bits per heavy atom. The number of carboxylic acid groups (broad SMARTS) is 1. The highest BCUT2D eigenvalue weighted by molar-refractivity contribution is 7.16. The van der Waals surface area contributed by atoms with E-state index in [1.807, 2.05) is 6.92 Å². The minimum Gasteiger partial charge on any atom is -0.493 e. The van der Waals surface area contributed by atoms with Crippen LogP contribution in [0.1, 0.15) is 38.3 Å². The number of benzene rings is 1. The average molecular weight is 381 g/mol. The summed E-state index contributed by atoms with van der Waals surface area (Å²) >= 11 is 7.17. The minimum atomic E-state index is -1.05. The standard InChI is InChI=1S/C18H17ClO5S/c1-3-8-24-17-12(19)9-11(10-14(17)23-2)4-5-13(20)15-6-7-16(25-15)18(21)22/h4-7,9-10H,3,8H2,1-2H3,(H,21,22)/b5-4+. The van der Waals surface area contributed by atoms with Crippen molar-refractivity contribution >= 4 is 40.8 Å². The van der Waals surface area contributed by atoms with Gasteiger partial charge >= 0.3 is 5.97 Å². The normalized spacial score (nSPS) is 10.8. The topological polar surface area (TPSA) is 72.8 Å². The number of allylic oxidation sites excluding steroid dienone is 1. The molecule has 0 aliphatic carbocycles. The van der Waals surface area contributed by atoms with Gasteiger partial charge in [0.25, 0.3) is 0 Å². The van der Waals surface area contributed by atoms with E-state index in [1.54, 1.807) is 18.2 Å². The van der Waals surface area contributed by atoms with Crippen molar-refractivity contribution in [2.24, 2.45) is 0 Å². The van der Waals surface area contributed by atoms with Crippen LogP contribution in [0.5, 0.6) is 11.5 Å². The smallest absolute Gasteiger partial charge is 0.345 e. The van der Waals surface area contributed by atoms with E-state index in [4.69, 9.17) is 26.2 Å². The first-order valence-electron chi connectivity index (χ1n) is 7.52. The number of carbonyl (C=O) groups excluding carboxylic acids is 1. The Morgan fingerprint density at radius 3 is 2.60 bits per heavy atom. The maximum absolute atomic E-state index is 12.1. The molecule has 0 unspecified atom stereocenters. The van der Waals surface area contributed by atoms with Gasteiger partial charge in [-0.05, 0) is 42.3 Å². The summed E-state index contributed by atoms with van der Waals surface area (Å²) in [5.41, 5.74) is 0.675. The highest BCUT2D eigenvalue weighted by atomic mass is 35.5. The molecule has 0 fully saturated rings. The number of thiophene rings is 1. The fourth-order valence-corrected chi connectivity index (χ4v) is 3.06. The van der Waals surface area contributed by atoms with Crippen LogP contribution in [-0.4, -0.2) is 30.6 Å². The van der Waals surface area contributed by atoms with Crippen LogP contribution in [0.3, 0.4) is 0 Å². The molecular weight excluding hydrogens is 364 g/mol. The predicted octanol–water partition coefficient (Wildman–Crippen LogP) is 4.79. The Balaban J connectivity index is 2.20. The molecule has 2 rings (SSSR count). The van der Waals surface area contributed by atoms with Crippen LogP contribution in [0.25, 0.3) is 6.08 Å². The summed E-state index contributed by atoms with van der Waals surface area (Å²) in [5.74, 6) is -0.373. The summed E-state index contributed by atoms with van der Waals surface area (Å²) in [4.78, 5) is 23.5. The van der Waals surface area contributed by atoms with Crippen molar-refractivity contribution in [1.29, 1.82) is 0 Å². The van der Waals surface area contributed by atoms with E-state index in [-0.39, 0.29) is 10.7 Å². The van der Waals surface area contributed by atoms with E-state index < -0.39 is 5.97 Å². The molecule has 0 bridgehead atoms. The third-order valence-corrected chi connectivity index (χ3v) is 4.56. The lowest BCUT2D eigenvalue weighted by atomic mass is 10.1. The summed E-state index contributed by atoms with van der Waals surface area (Å²) < 4.78 is 10.9. The van der Waals surface area contributed by atoms with Crippen molar-refractivity contribution in [3.8, 4) is 11.5 Å². The quantitative estimate of drug-likeness (QED) is 0.526. The summed E-state index contributed by atoms with van der Waals surface area (Å²) in [6.07, 6.45) is 3.81. The zero-order valence-electron chi connectivity index (χ0n) is 13.7. The Bertz CT molecular complexity index is 810. The summed E-state index contributed by atoms with van der Waals surface area (Å²) in [5, 5.41) is 9.30. The van der Waals surface area contributed by atoms with Crippen molar-refractivity contribution in [1.82, 2.24) is 0 Å². The number of hydrogen-bond donors (Lipinski definition) is 1. The first-order chi connectivity index (χ1) is 12.0. The van der Waals surface area contributed by atoms with E-state index >= 15 is 0 Å². The van der Waals surface area contributed by atoms with Gasteiger partial charge < -0.3 is 14.6 Å². The SMILES string of the molecule is CCCOc1c(Cl)cc(/C=C/C(=O)c2ccc(C(=O)O)s2)cc1OC. The summed E-state index contributed by atoms with van der Waals surface area (Å²) in [6.45, 7) is 2.51. The second-order valence-electron chi connectivity index (χ2n) is 5.05. The number of ether oxygens (including phenoxy) is 2. The molecule has 132 valence electrons. The van der Waals surface area contributed by atoms with Crippen molar-refractivity contribution in [2.75, 3.05) is 13.7 Å². The minimum absolute atomic E-state index is 0.124. The molecule has 1 heterocycles. The van der Waals surface area contributed by atoms with Gasteiger partial charge in [0.15, 0.2) is 17.3 Å². The van der Waals surface area contributed by atoms with Gasteiger partial charge in [-0.1, -0.05) is 24.6 Å². The van der Waals surface area contributed by atoms with Crippen LogP contribution in [0.2, 0.25) is 5.02 Å². The van der Waals surface area contributed by atoms with E-state index in [9.17, 15) is 9.59 Å². The molecule has 25 heavy (non-hydrogen) atoms. The van der Waals surface area contributed by atoms with Crippen LogP contribution in [-0.2, 0) is 0 Å². The number of ketones is 1. The van der Waals surface area contributed by atoms with Crippen LogP contribution in [0.15, 0.2) is 30.3 Å². The summed E-state index contributed by atoms with van der Waals surface area (Å²) in [7, 11) is 1.52. The van der Waals surface area contributed by atoms with Gasteiger partial charge in [0.05, 0.1) is 23.6 Å². The second kappa shape index (κ2) is 8.69. The molecule has 5 nitrogen and oxygen atoms in total. The second-order valence-corrected chi connectivity index (χ2v) is 6.54. The fourth-order valence-electron chi connectivity index (χ4n) is 2.02.